The van der Waals surface area contributed by atoms with Gasteiger partial charge in [-0.1, -0.05) is 72.8 Å². The summed E-state index contributed by atoms with van der Waals surface area (Å²) in [6.07, 6.45) is 8.86. The molecule has 0 aliphatic rings. The largest absolute Gasteiger partial charge is 0.289 e. The molecule has 0 aliphatic carbocycles. The van der Waals surface area contributed by atoms with Crippen molar-refractivity contribution in [1.29, 1.82) is 0 Å². The first kappa shape index (κ1) is 20.3. The molecule has 0 bridgehead atoms. The maximum atomic E-state index is 12.9. The van der Waals surface area contributed by atoms with Crippen LogP contribution < -0.4 is 0 Å². The Morgan fingerprint density at radius 2 is 1.39 bits per heavy atom. The monoisotopic (exact) mass is 427 g/mol. The molecule has 0 saturated heterocycles. The summed E-state index contributed by atoms with van der Waals surface area (Å²) < 4.78 is 1.82. The van der Waals surface area contributed by atoms with Crippen LogP contribution in [0.25, 0.3) is 34.1 Å². The molecule has 4 heteroatoms. The smallest absolute Gasteiger partial charge is 0.185 e. The van der Waals surface area contributed by atoms with E-state index in [2.05, 4.69) is 17.1 Å². The van der Waals surface area contributed by atoms with Gasteiger partial charge in [0, 0.05) is 35.3 Å². The lowest BCUT2D eigenvalue weighted by molar-refractivity contribution is 0.104. The highest BCUT2D eigenvalue weighted by atomic mass is 16.1. The van der Waals surface area contributed by atoms with Gasteiger partial charge in [0.1, 0.15) is 5.69 Å². The van der Waals surface area contributed by atoms with Gasteiger partial charge in [0.15, 0.2) is 5.78 Å². The lowest BCUT2D eigenvalue weighted by Gasteiger charge is -2.02. The number of ketones is 1. The predicted molar refractivity (Wildman–Crippen MR) is 132 cm³/mol. The number of carbonyl (C=O) groups is 1. The third kappa shape index (κ3) is 4.55. The van der Waals surface area contributed by atoms with E-state index >= 15 is 0 Å². The van der Waals surface area contributed by atoms with Gasteiger partial charge in [0.25, 0.3) is 0 Å². The Balaban J connectivity index is 1.44. The summed E-state index contributed by atoms with van der Waals surface area (Å²) >= 11 is 0. The molecule has 2 aromatic heterocycles. The number of aromatic nitrogens is 3. The quantitative estimate of drug-likeness (QED) is 0.230. The summed E-state index contributed by atoms with van der Waals surface area (Å²) in [6, 6.07) is 31.5. The van der Waals surface area contributed by atoms with Crippen molar-refractivity contribution in [1.82, 2.24) is 14.8 Å². The Bertz CT molecular complexity index is 1390. The van der Waals surface area contributed by atoms with Crippen LogP contribution in [0, 0.1) is 0 Å². The zero-order valence-electron chi connectivity index (χ0n) is 17.9. The third-order valence-electron chi connectivity index (χ3n) is 5.39. The number of rotatable bonds is 6. The number of hydrogen-bond acceptors (Lipinski definition) is 3. The fraction of sp³-hybridized carbons (Fsp3) is 0. The van der Waals surface area contributed by atoms with Gasteiger partial charge < -0.3 is 0 Å². The van der Waals surface area contributed by atoms with Gasteiger partial charge in [-0.3, -0.25) is 9.78 Å². The molecule has 2 heterocycles. The summed E-state index contributed by atoms with van der Waals surface area (Å²) in [5.41, 5.74) is 6.32. The van der Waals surface area contributed by atoms with Crippen molar-refractivity contribution in [2.24, 2.45) is 0 Å². The molecule has 0 unspecified atom stereocenters. The molecule has 3 aromatic carbocycles. The highest BCUT2D eigenvalue weighted by Crippen LogP contribution is 2.25. The Morgan fingerprint density at radius 3 is 2.09 bits per heavy atom. The predicted octanol–water partition coefficient (Wildman–Crippen LogP) is 6.50. The number of nitrogens with zero attached hydrogens (tertiary/aromatic N) is 3. The van der Waals surface area contributed by atoms with Crippen molar-refractivity contribution in [2.45, 2.75) is 0 Å². The molecule has 0 fully saturated rings. The van der Waals surface area contributed by atoms with Crippen LogP contribution in [-0.2, 0) is 0 Å². The molecule has 5 aromatic rings. The van der Waals surface area contributed by atoms with Crippen LogP contribution in [0.4, 0.5) is 0 Å². The van der Waals surface area contributed by atoms with E-state index in [-0.39, 0.29) is 5.78 Å². The summed E-state index contributed by atoms with van der Waals surface area (Å²) in [5.74, 6) is -0.0563. The molecule has 0 amide bonds. The van der Waals surface area contributed by atoms with E-state index in [1.807, 2.05) is 102 Å². The number of allylic oxidation sites excluding steroid dienone is 1. The second-order valence-corrected chi connectivity index (χ2v) is 7.60. The van der Waals surface area contributed by atoms with E-state index in [1.54, 1.807) is 18.5 Å². The van der Waals surface area contributed by atoms with Crippen molar-refractivity contribution < 1.29 is 4.79 Å². The molecule has 0 spiro atoms. The van der Waals surface area contributed by atoms with E-state index in [0.717, 1.165) is 33.6 Å². The molecule has 33 heavy (non-hydrogen) atoms. The van der Waals surface area contributed by atoms with E-state index in [0.29, 0.717) is 5.56 Å². The Morgan fingerprint density at radius 1 is 0.727 bits per heavy atom. The maximum Gasteiger partial charge on any atom is 0.185 e. The minimum absolute atomic E-state index is 0.0563. The molecule has 158 valence electrons. The first-order valence-corrected chi connectivity index (χ1v) is 10.7. The van der Waals surface area contributed by atoms with Crippen molar-refractivity contribution in [2.75, 3.05) is 0 Å². The topological polar surface area (TPSA) is 47.8 Å². The van der Waals surface area contributed by atoms with Gasteiger partial charge in [-0.2, -0.15) is 5.10 Å². The van der Waals surface area contributed by atoms with E-state index in [1.165, 1.54) is 0 Å². The van der Waals surface area contributed by atoms with Gasteiger partial charge in [0.05, 0.1) is 5.69 Å². The minimum Gasteiger partial charge on any atom is -0.289 e. The van der Waals surface area contributed by atoms with Crippen LogP contribution in [0.15, 0.2) is 122 Å². The molecule has 0 aliphatic heterocycles. The molecule has 0 atom stereocenters. The van der Waals surface area contributed by atoms with Crippen molar-refractivity contribution in [3.05, 3.63) is 133 Å². The highest BCUT2D eigenvalue weighted by Gasteiger charge is 2.11. The Hall–Kier alpha value is -4.57. The first-order chi connectivity index (χ1) is 16.3. The Kier molecular flexibility index (Phi) is 5.72. The summed E-state index contributed by atoms with van der Waals surface area (Å²) in [4.78, 5) is 17.1. The molecule has 5 rings (SSSR count). The fourth-order valence-corrected chi connectivity index (χ4v) is 3.67. The van der Waals surface area contributed by atoms with Gasteiger partial charge in [-0.15, -0.1) is 0 Å². The molecule has 0 saturated carbocycles. The van der Waals surface area contributed by atoms with Crippen LogP contribution >= 0.6 is 0 Å². The van der Waals surface area contributed by atoms with E-state index in [9.17, 15) is 4.79 Å². The zero-order valence-corrected chi connectivity index (χ0v) is 17.9. The third-order valence-corrected chi connectivity index (χ3v) is 5.39. The second-order valence-electron chi connectivity index (χ2n) is 7.60. The number of para-hydroxylation sites is 1. The van der Waals surface area contributed by atoms with E-state index < -0.39 is 0 Å². The van der Waals surface area contributed by atoms with Crippen molar-refractivity contribution in [3.63, 3.8) is 0 Å². The molecular formula is C29H21N3O. The maximum absolute atomic E-state index is 12.9. The fourth-order valence-electron chi connectivity index (χ4n) is 3.67. The van der Waals surface area contributed by atoms with Gasteiger partial charge in [-0.25, -0.2) is 4.68 Å². The van der Waals surface area contributed by atoms with Crippen LogP contribution in [-0.4, -0.2) is 20.5 Å². The zero-order chi connectivity index (χ0) is 22.5. The first-order valence-electron chi connectivity index (χ1n) is 10.7. The van der Waals surface area contributed by atoms with Crippen LogP contribution in [0.1, 0.15) is 15.9 Å². The normalized spacial score (nSPS) is 11.0. The van der Waals surface area contributed by atoms with Crippen LogP contribution in [0.5, 0.6) is 0 Å². The van der Waals surface area contributed by atoms with E-state index in [4.69, 9.17) is 5.10 Å². The molecule has 4 nitrogen and oxygen atoms in total. The Labute approximate surface area is 192 Å². The van der Waals surface area contributed by atoms with Crippen LogP contribution in [0.3, 0.4) is 0 Å². The summed E-state index contributed by atoms with van der Waals surface area (Å²) in [6.45, 7) is 0. The number of carbonyl (C=O) groups excluding carboxylic acids is 1. The second kappa shape index (κ2) is 9.28. The molecule has 0 radical (unpaired) electrons. The highest BCUT2D eigenvalue weighted by molar-refractivity contribution is 6.07. The van der Waals surface area contributed by atoms with Crippen LogP contribution in [0.2, 0.25) is 0 Å². The average molecular weight is 428 g/mol. The lowest BCUT2D eigenvalue weighted by Crippen LogP contribution is -1.94. The summed E-state index contributed by atoms with van der Waals surface area (Å²) in [5, 5.41) is 4.76. The number of hydrogen-bond donors (Lipinski definition) is 0. The molecular weight excluding hydrogens is 406 g/mol. The number of pyridine rings is 1. The average Bonchev–Trinajstić information content (AvgIpc) is 3.33. The lowest BCUT2D eigenvalue weighted by atomic mass is 10.0. The van der Waals surface area contributed by atoms with Crippen molar-refractivity contribution in [3.8, 4) is 28.1 Å². The summed E-state index contributed by atoms with van der Waals surface area (Å²) in [7, 11) is 0. The van der Waals surface area contributed by atoms with Crippen molar-refractivity contribution >= 4 is 11.9 Å². The molecule has 0 N–H and O–H groups in total. The van der Waals surface area contributed by atoms with Gasteiger partial charge in [-0.05, 0) is 47.5 Å². The number of benzene rings is 3. The standard InChI is InChI=1S/C29H21N3O/c33-28(24-15-13-23(14-16-24)22-8-3-1-4-9-22)18-17-26-21-32(27-11-5-2-6-12-27)31-29(26)25-10-7-19-30-20-25/h1-21H. The SMILES string of the molecule is O=C(C=Cc1cn(-c2ccccc2)nc1-c1cccnc1)c1ccc(-c2ccccc2)cc1. The minimum atomic E-state index is -0.0563. The van der Waals surface area contributed by atoms with Gasteiger partial charge >= 0.3 is 0 Å². The van der Waals surface area contributed by atoms with Gasteiger partial charge in [0.2, 0.25) is 0 Å².